The lowest BCUT2D eigenvalue weighted by molar-refractivity contribution is -0.106. The summed E-state index contributed by atoms with van der Waals surface area (Å²) in [6.45, 7) is 2.54. The van der Waals surface area contributed by atoms with Gasteiger partial charge in [0.25, 0.3) is 0 Å². The van der Waals surface area contributed by atoms with E-state index in [1.807, 2.05) is 0 Å². The largest absolute Gasteiger partial charge is 0.356 e. The standard InChI is InChI=1S/C8H20N2O2/c1-11-8(12-2)4-3-6-10-7-5-9/h8,10H,3-7,9H2,1-2H3. The first-order valence-electron chi connectivity index (χ1n) is 4.31. The van der Waals surface area contributed by atoms with Crippen molar-refractivity contribution in [2.75, 3.05) is 33.9 Å². The molecular weight excluding hydrogens is 156 g/mol. The second-order valence-electron chi connectivity index (χ2n) is 2.58. The van der Waals surface area contributed by atoms with Crippen molar-refractivity contribution < 1.29 is 9.47 Å². The summed E-state index contributed by atoms with van der Waals surface area (Å²) >= 11 is 0. The normalized spacial score (nSPS) is 11.0. The van der Waals surface area contributed by atoms with Crippen molar-refractivity contribution in [2.45, 2.75) is 19.1 Å². The van der Waals surface area contributed by atoms with Gasteiger partial charge in [-0.3, -0.25) is 0 Å². The van der Waals surface area contributed by atoms with Crippen LogP contribution in [0.5, 0.6) is 0 Å². The van der Waals surface area contributed by atoms with Crippen LogP contribution in [0.2, 0.25) is 0 Å². The van der Waals surface area contributed by atoms with Crippen LogP contribution in [0.25, 0.3) is 0 Å². The molecule has 0 rings (SSSR count). The van der Waals surface area contributed by atoms with E-state index in [2.05, 4.69) is 5.32 Å². The van der Waals surface area contributed by atoms with Gasteiger partial charge >= 0.3 is 0 Å². The summed E-state index contributed by atoms with van der Waals surface area (Å²) in [4.78, 5) is 0. The monoisotopic (exact) mass is 176 g/mol. The highest BCUT2D eigenvalue weighted by Gasteiger charge is 2.02. The van der Waals surface area contributed by atoms with E-state index in [-0.39, 0.29) is 6.29 Å². The molecule has 0 aromatic rings. The molecule has 0 aromatic carbocycles. The van der Waals surface area contributed by atoms with Crippen molar-refractivity contribution in [1.82, 2.24) is 5.32 Å². The number of nitrogens with one attached hydrogen (secondary N) is 1. The smallest absolute Gasteiger partial charge is 0.156 e. The van der Waals surface area contributed by atoms with Crippen LogP contribution in [-0.4, -0.2) is 40.1 Å². The first-order valence-corrected chi connectivity index (χ1v) is 4.31. The molecule has 0 spiro atoms. The number of hydrogen-bond acceptors (Lipinski definition) is 4. The molecule has 0 atom stereocenters. The van der Waals surface area contributed by atoms with Crippen LogP contribution in [0.4, 0.5) is 0 Å². The van der Waals surface area contributed by atoms with E-state index in [0.717, 1.165) is 25.9 Å². The van der Waals surface area contributed by atoms with Crippen LogP contribution in [-0.2, 0) is 9.47 Å². The zero-order valence-electron chi connectivity index (χ0n) is 8.01. The Morgan fingerprint density at radius 2 is 1.92 bits per heavy atom. The van der Waals surface area contributed by atoms with E-state index >= 15 is 0 Å². The predicted molar refractivity (Wildman–Crippen MR) is 49.0 cm³/mol. The van der Waals surface area contributed by atoms with Gasteiger partial charge in [0, 0.05) is 27.3 Å². The van der Waals surface area contributed by atoms with Gasteiger partial charge < -0.3 is 20.5 Å². The number of ether oxygens (including phenoxy) is 2. The van der Waals surface area contributed by atoms with Crippen molar-refractivity contribution >= 4 is 0 Å². The Balaban J connectivity index is 3.06. The van der Waals surface area contributed by atoms with Gasteiger partial charge in [0.05, 0.1) is 0 Å². The van der Waals surface area contributed by atoms with Gasteiger partial charge in [-0.1, -0.05) is 0 Å². The van der Waals surface area contributed by atoms with E-state index in [1.54, 1.807) is 14.2 Å². The maximum absolute atomic E-state index is 5.31. The molecule has 3 N–H and O–H groups in total. The van der Waals surface area contributed by atoms with Gasteiger partial charge in [0.15, 0.2) is 6.29 Å². The highest BCUT2D eigenvalue weighted by Crippen LogP contribution is 2.00. The van der Waals surface area contributed by atoms with Crippen molar-refractivity contribution in [3.8, 4) is 0 Å². The Bertz CT molecular complexity index is 87.1. The zero-order chi connectivity index (χ0) is 9.23. The highest BCUT2D eigenvalue weighted by atomic mass is 16.7. The minimum atomic E-state index is -0.0651. The van der Waals surface area contributed by atoms with E-state index in [4.69, 9.17) is 15.2 Å². The van der Waals surface area contributed by atoms with E-state index in [1.165, 1.54) is 0 Å². The van der Waals surface area contributed by atoms with Crippen molar-refractivity contribution in [1.29, 1.82) is 0 Å². The molecule has 0 radical (unpaired) electrons. The quantitative estimate of drug-likeness (QED) is 0.401. The molecule has 0 unspecified atom stereocenters. The summed E-state index contributed by atoms with van der Waals surface area (Å²) in [6.07, 6.45) is 1.90. The Hall–Kier alpha value is -0.160. The first kappa shape index (κ1) is 11.8. The number of methoxy groups -OCH3 is 2. The third-order valence-corrected chi connectivity index (χ3v) is 1.64. The lowest BCUT2D eigenvalue weighted by Crippen LogP contribution is -2.24. The van der Waals surface area contributed by atoms with Crippen molar-refractivity contribution in [3.63, 3.8) is 0 Å². The molecule has 0 fully saturated rings. The third kappa shape index (κ3) is 6.54. The van der Waals surface area contributed by atoms with Crippen LogP contribution in [0.1, 0.15) is 12.8 Å². The van der Waals surface area contributed by atoms with Gasteiger partial charge in [-0.25, -0.2) is 0 Å². The fourth-order valence-electron chi connectivity index (χ4n) is 0.953. The maximum Gasteiger partial charge on any atom is 0.156 e. The SMILES string of the molecule is COC(CCCNCCN)OC. The van der Waals surface area contributed by atoms with Crippen molar-refractivity contribution in [2.24, 2.45) is 5.73 Å². The van der Waals surface area contributed by atoms with E-state index in [0.29, 0.717) is 6.54 Å². The predicted octanol–water partition coefficient (Wildman–Crippen LogP) is -0.0662. The molecule has 0 bridgehead atoms. The highest BCUT2D eigenvalue weighted by molar-refractivity contribution is 4.50. The minimum Gasteiger partial charge on any atom is -0.356 e. The zero-order valence-corrected chi connectivity index (χ0v) is 8.01. The van der Waals surface area contributed by atoms with Crippen molar-refractivity contribution in [3.05, 3.63) is 0 Å². The summed E-state index contributed by atoms with van der Waals surface area (Å²) in [5, 5.41) is 3.20. The van der Waals surface area contributed by atoms with Crippen LogP contribution >= 0.6 is 0 Å². The number of hydrogen-bond donors (Lipinski definition) is 2. The summed E-state index contributed by atoms with van der Waals surface area (Å²) in [7, 11) is 3.31. The molecule has 74 valence electrons. The van der Waals surface area contributed by atoms with E-state index < -0.39 is 0 Å². The van der Waals surface area contributed by atoms with Crippen LogP contribution in [0, 0.1) is 0 Å². The molecule has 0 amide bonds. The summed E-state index contributed by atoms with van der Waals surface area (Å²) < 4.78 is 10.1. The fraction of sp³-hybridized carbons (Fsp3) is 1.00. The molecule has 0 saturated carbocycles. The molecule has 0 heterocycles. The average molecular weight is 176 g/mol. The molecular formula is C8H20N2O2. The van der Waals surface area contributed by atoms with Crippen LogP contribution < -0.4 is 11.1 Å². The van der Waals surface area contributed by atoms with Gasteiger partial charge in [-0.05, 0) is 19.4 Å². The lowest BCUT2D eigenvalue weighted by atomic mass is 10.3. The molecule has 4 nitrogen and oxygen atoms in total. The Kier molecular flexibility index (Phi) is 8.81. The maximum atomic E-state index is 5.31. The minimum absolute atomic E-state index is 0.0651. The molecule has 0 aliphatic rings. The van der Waals surface area contributed by atoms with Gasteiger partial charge in [0.2, 0.25) is 0 Å². The fourth-order valence-corrected chi connectivity index (χ4v) is 0.953. The Morgan fingerprint density at radius 3 is 2.42 bits per heavy atom. The molecule has 0 aliphatic carbocycles. The topological polar surface area (TPSA) is 56.5 Å². The molecule has 12 heavy (non-hydrogen) atoms. The van der Waals surface area contributed by atoms with Gasteiger partial charge in [-0.2, -0.15) is 0 Å². The average Bonchev–Trinajstić information content (AvgIpc) is 2.11. The number of nitrogens with two attached hydrogens (primary N) is 1. The third-order valence-electron chi connectivity index (χ3n) is 1.64. The van der Waals surface area contributed by atoms with Gasteiger partial charge in [-0.15, -0.1) is 0 Å². The molecule has 4 heteroatoms. The summed E-state index contributed by atoms with van der Waals surface area (Å²) in [6, 6.07) is 0. The first-order chi connectivity index (χ1) is 5.85. The Morgan fingerprint density at radius 1 is 1.25 bits per heavy atom. The second-order valence-corrected chi connectivity index (χ2v) is 2.58. The number of rotatable bonds is 8. The van der Waals surface area contributed by atoms with E-state index in [9.17, 15) is 0 Å². The summed E-state index contributed by atoms with van der Waals surface area (Å²) in [5.74, 6) is 0. The molecule has 0 saturated heterocycles. The molecule has 0 aromatic heterocycles. The summed E-state index contributed by atoms with van der Waals surface area (Å²) in [5.41, 5.74) is 5.31. The van der Waals surface area contributed by atoms with Crippen LogP contribution in [0.15, 0.2) is 0 Å². The second kappa shape index (κ2) is 8.93. The van der Waals surface area contributed by atoms with Gasteiger partial charge in [0.1, 0.15) is 0 Å². The molecule has 0 aliphatic heterocycles. The Labute approximate surface area is 74.4 Å². The lowest BCUT2D eigenvalue weighted by Gasteiger charge is -2.12. The van der Waals surface area contributed by atoms with Crippen LogP contribution in [0.3, 0.4) is 0 Å².